The minimum absolute atomic E-state index is 0.0570. The van der Waals surface area contributed by atoms with E-state index in [4.69, 9.17) is 0 Å². The van der Waals surface area contributed by atoms with Crippen LogP contribution in [0.25, 0.3) is 15.3 Å². The molecule has 1 aromatic heterocycles. The maximum atomic E-state index is 12.2. The van der Waals surface area contributed by atoms with Crippen LogP contribution in [0.15, 0.2) is 57.8 Å². The molecule has 4 heteroatoms. The van der Waals surface area contributed by atoms with Crippen molar-refractivity contribution in [1.29, 1.82) is 0 Å². The zero-order valence-electron chi connectivity index (χ0n) is 8.76. The summed E-state index contributed by atoms with van der Waals surface area (Å²) in [7, 11) is 0. The van der Waals surface area contributed by atoms with E-state index in [9.17, 15) is 4.79 Å². The van der Waals surface area contributed by atoms with Crippen molar-refractivity contribution in [2.45, 2.75) is 0 Å². The number of aromatic nitrogens is 1. The van der Waals surface area contributed by atoms with Crippen molar-refractivity contribution in [3.8, 4) is 5.69 Å². The van der Waals surface area contributed by atoms with Crippen LogP contribution in [-0.4, -0.2) is 18.3 Å². The Morgan fingerprint density at radius 2 is 1.71 bits per heavy atom. The SMILES string of the molecule is O=c1c2ccccc2[se]n1-c1ccc(Br)cc1. The Kier molecular flexibility index (Phi) is 2.79. The van der Waals surface area contributed by atoms with Crippen molar-refractivity contribution in [1.82, 2.24) is 3.56 Å². The van der Waals surface area contributed by atoms with Gasteiger partial charge in [0.1, 0.15) is 0 Å². The van der Waals surface area contributed by atoms with E-state index in [1.54, 1.807) is 0 Å². The van der Waals surface area contributed by atoms with Crippen LogP contribution >= 0.6 is 15.9 Å². The second kappa shape index (κ2) is 4.30. The summed E-state index contributed by atoms with van der Waals surface area (Å²) in [5, 5.41) is 0.843. The van der Waals surface area contributed by atoms with Crippen LogP contribution in [0, 0.1) is 0 Å². The van der Waals surface area contributed by atoms with Crippen LogP contribution < -0.4 is 5.56 Å². The van der Waals surface area contributed by atoms with E-state index in [2.05, 4.69) is 15.9 Å². The molecule has 0 N–H and O–H groups in total. The van der Waals surface area contributed by atoms with Crippen molar-refractivity contribution in [3.63, 3.8) is 0 Å². The van der Waals surface area contributed by atoms with Crippen molar-refractivity contribution < 1.29 is 0 Å². The molecule has 84 valence electrons. The second-order valence-electron chi connectivity index (χ2n) is 3.66. The van der Waals surface area contributed by atoms with Crippen LogP contribution in [0.4, 0.5) is 0 Å². The summed E-state index contributed by atoms with van der Waals surface area (Å²) in [4.78, 5) is 12.2. The Bertz CT molecular complexity index is 727. The summed E-state index contributed by atoms with van der Waals surface area (Å²) in [6, 6.07) is 15.7. The topological polar surface area (TPSA) is 22.0 Å². The van der Waals surface area contributed by atoms with Gasteiger partial charge in [-0.2, -0.15) is 0 Å². The van der Waals surface area contributed by atoms with Gasteiger partial charge in [0, 0.05) is 0 Å². The molecule has 0 aliphatic heterocycles. The van der Waals surface area contributed by atoms with Gasteiger partial charge in [-0.25, -0.2) is 0 Å². The van der Waals surface area contributed by atoms with Crippen LogP contribution in [0.2, 0.25) is 0 Å². The van der Waals surface area contributed by atoms with Crippen molar-refractivity contribution in [2.75, 3.05) is 0 Å². The van der Waals surface area contributed by atoms with Crippen LogP contribution in [0.1, 0.15) is 0 Å². The van der Waals surface area contributed by atoms with Crippen molar-refractivity contribution in [2.24, 2.45) is 0 Å². The molecule has 2 nitrogen and oxygen atoms in total. The first-order chi connectivity index (χ1) is 8.25. The number of fused-ring (bicyclic) bond motifs is 1. The van der Waals surface area contributed by atoms with Crippen LogP contribution in [0.5, 0.6) is 0 Å². The van der Waals surface area contributed by atoms with E-state index < -0.39 is 0 Å². The summed E-state index contributed by atoms with van der Waals surface area (Å²) in [6.45, 7) is 0. The molecule has 0 aliphatic carbocycles. The molecule has 0 fully saturated rings. The molecule has 0 saturated heterocycles. The fraction of sp³-hybridized carbons (Fsp3) is 0. The molecule has 0 radical (unpaired) electrons. The average molecular weight is 353 g/mol. The van der Waals surface area contributed by atoms with E-state index in [0.29, 0.717) is 0 Å². The van der Waals surface area contributed by atoms with Gasteiger partial charge in [0.2, 0.25) is 0 Å². The maximum absolute atomic E-state index is 12.2. The first kappa shape index (κ1) is 11.0. The number of halogens is 1. The summed E-state index contributed by atoms with van der Waals surface area (Å²) in [5.74, 6) is 0. The molecule has 2 aromatic carbocycles. The normalized spacial score (nSPS) is 10.9. The number of benzene rings is 2. The standard InChI is InChI=1S/C13H8BrNOSe/c14-9-5-7-10(8-6-9)15-13(16)11-3-1-2-4-12(11)17-15/h1-8H. The van der Waals surface area contributed by atoms with Crippen LogP contribution in [0.3, 0.4) is 0 Å². The van der Waals surface area contributed by atoms with E-state index in [0.717, 1.165) is 19.8 Å². The van der Waals surface area contributed by atoms with Crippen molar-refractivity contribution >= 4 is 40.3 Å². The molecule has 3 rings (SSSR count). The number of hydrogen-bond acceptors (Lipinski definition) is 1. The molecule has 1 heterocycles. The monoisotopic (exact) mass is 353 g/mol. The average Bonchev–Trinajstić information content (AvgIpc) is 2.69. The molecule has 0 unspecified atom stereocenters. The third-order valence-corrected chi connectivity index (χ3v) is 5.41. The van der Waals surface area contributed by atoms with E-state index in [-0.39, 0.29) is 20.3 Å². The zero-order chi connectivity index (χ0) is 11.8. The van der Waals surface area contributed by atoms with Gasteiger partial charge in [0.05, 0.1) is 0 Å². The number of rotatable bonds is 1. The molecule has 0 saturated carbocycles. The van der Waals surface area contributed by atoms with E-state index in [1.807, 2.05) is 52.1 Å². The Morgan fingerprint density at radius 3 is 2.41 bits per heavy atom. The molecule has 17 heavy (non-hydrogen) atoms. The predicted octanol–water partition coefficient (Wildman–Crippen LogP) is 2.81. The van der Waals surface area contributed by atoms with Gasteiger partial charge in [-0.3, -0.25) is 0 Å². The van der Waals surface area contributed by atoms with Gasteiger partial charge in [0.25, 0.3) is 0 Å². The van der Waals surface area contributed by atoms with Gasteiger partial charge < -0.3 is 0 Å². The van der Waals surface area contributed by atoms with Gasteiger partial charge in [-0.05, 0) is 0 Å². The molecule has 0 aliphatic rings. The second-order valence-corrected chi connectivity index (χ2v) is 6.65. The van der Waals surface area contributed by atoms with Crippen LogP contribution in [-0.2, 0) is 0 Å². The fourth-order valence-corrected chi connectivity index (χ4v) is 4.08. The molecular weight excluding hydrogens is 345 g/mol. The fourth-order valence-electron chi connectivity index (χ4n) is 1.72. The first-order valence-electron chi connectivity index (χ1n) is 5.13. The van der Waals surface area contributed by atoms with Gasteiger partial charge in [-0.1, -0.05) is 0 Å². The Balaban J connectivity index is 2.27. The van der Waals surface area contributed by atoms with Gasteiger partial charge in [-0.15, -0.1) is 0 Å². The summed E-state index contributed by atoms with van der Waals surface area (Å²) in [6.07, 6.45) is 0. The summed E-state index contributed by atoms with van der Waals surface area (Å²) in [5.41, 5.74) is 1.08. The predicted molar refractivity (Wildman–Crippen MR) is 74.2 cm³/mol. The molecular formula is C13H8BrNOSe. The molecule has 0 atom stereocenters. The summed E-state index contributed by atoms with van der Waals surface area (Å²) >= 11 is 3.46. The minimum atomic E-state index is 0.0570. The molecule has 0 spiro atoms. The van der Waals surface area contributed by atoms with E-state index in [1.165, 1.54) is 0 Å². The van der Waals surface area contributed by atoms with Gasteiger partial charge in [0.15, 0.2) is 0 Å². The third-order valence-electron chi connectivity index (χ3n) is 2.55. The molecule has 0 amide bonds. The zero-order valence-corrected chi connectivity index (χ0v) is 12.1. The quantitative estimate of drug-likeness (QED) is 0.617. The Morgan fingerprint density at radius 1 is 1.00 bits per heavy atom. The Hall–Kier alpha value is -1.09. The Labute approximate surface area is 113 Å². The molecule has 0 bridgehead atoms. The third kappa shape index (κ3) is 1.93. The molecule has 3 aromatic rings. The van der Waals surface area contributed by atoms with E-state index >= 15 is 0 Å². The first-order valence-corrected chi connectivity index (χ1v) is 7.54. The van der Waals surface area contributed by atoms with Crippen molar-refractivity contribution in [3.05, 3.63) is 63.4 Å². The van der Waals surface area contributed by atoms with Gasteiger partial charge >= 0.3 is 113 Å². The number of hydrogen-bond donors (Lipinski definition) is 0. The number of nitrogens with zero attached hydrogens (tertiary/aromatic N) is 1. The summed E-state index contributed by atoms with van der Waals surface area (Å²) < 4.78 is 4.05.